The zero-order chi connectivity index (χ0) is 19.9. The molecule has 0 aliphatic carbocycles. The number of hydrogen-bond donors (Lipinski definition) is 0. The van der Waals surface area contributed by atoms with E-state index in [0.717, 1.165) is 11.1 Å². The van der Waals surface area contributed by atoms with Gasteiger partial charge >= 0.3 is 7.67 Å². The standard InChI is InChI=1S/C24H25N2O2P/c27-29(28-24-16-8-3-9-17-24)25(20-22-12-4-1-5-13-22)18-10-11-19-26(29)21-23-14-6-2-7-15-23/h1-17H,18-21H2. The van der Waals surface area contributed by atoms with Crippen molar-refractivity contribution in [3.05, 3.63) is 114 Å². The lowest BCUT2D eigenvalue weighted by Gasteiger charge is -2.36. The lowest BCUT2D eigenvalue weighted by molar-refractivity contribution is 0.290. The third-order valence-electron chi connectivity index (χ3n) is 4.90. The summed E-state index contributed by atoms with van der Waals surface area (Å²) in [4.78, 5) is 0. The molecule has 5 heteroatoms. The van der Waals surface area contributed by atoms with Crippen LogP contribution in [0.2, 0.25) is 0 Å². The highest BCUT2D eigenvalue weighted by Crippen LogP contribution is 2.56. The molecule has 1 aliphatic rings. The third-order valence-corrected chi connectivity index (χ3v) is 7.39. The molecule has 0 saturated heterocycles. The highest BCUT2D eigenvalue weighted by molar-refractivity contribution is 7.54. The first-order valence-electron chi connectivity index (χ1n) is 9.82. The van der Waals surface area contributed by atoms with Crippen LogP contribution in [0, 0.1) is 0 Å². The Bertz CT molecular complexity index is 920. The van der Waals surface area contributed by atoms with Gasteiger partial charge in [0.2, 0.25) is 0 Å². The summed E-state index contributed by atoms with van der Waals surface area (Å²) in [5.41, 5.74) is 2.22. The van der Waals surface area contributed by atoms with Crippen molar-refractivity contribution < 1.29 is 9.09 Å². The lowest BCUT2D eigenvalue weighted by atomic mass is 10.2. The van der Waals surface area contributed by atoms with Crippen molar-refractivity contribution in [1.29, 1.82) is 0 Å². The van der Waals surface area contributed by atoms with Gasteiger partial charge < -0.3 is 4.52 Å². The van der Waals surface area contributed by atoms with Crippen molar-refractivity contribution in [2.24, 2.45) is 0 Å². The number of rotatable bonds is 6. The molecule has 0 aromatic heterocycles. The molecule has 0 radical (unpaired) electrons. The molecule has 4 nitrogen and oxygen atoms in total. The molecule has 0 N–H and O–H groups in total. The second kappa shape index (κ2) is 9.23. The number of benzene rings is 3. The zero-order valence-corrected chi connectivity index (χ0v) is 17.2. The SMILES string of the molecule is O=P1(Oc2ccccc2)N(Cc2ccccc2)CC=CCN1Cc1ccccc1. The summed E-state index contributed by atoms with van der Waals surface area (Å²) in [5.74, 6) is 0.619. The summed E-state index contributed by atoms with van der Waals surface area (Å²) >= 11 is 0. The van der Waals surface area contributed by atoms with E-state index >= 15 is 0 Å². The van der Waals surface area contributed by atoms with Crippen LogP contribution in [-0.2, 0) is 17.7 Å². The molecule has 0 unspecified atom stereocenters. The van der Waals surface area contributed by atoms with Crippen LogP contribution in [0.15, 0.2) is 103 Å². The average molecular weight is 404 g/mol. The summed E-state index contributed by atoms with van der Waals surface area (Å²) in [5, 5.41) is 0. The van der Waals surface area contributed by atoms with Crippen LogP contribution >= 0.6 is 7.67 Å². The Morgan fingerprint density at radius 1 is 0.655 bits per heavy atom. The van der Waals surface area contributed by atoms with Gasteiger partial charge in [-0.05, 0) is 23.3 Å². The summed E-state index contributed by atoms with van der Waals surface area (Å²) < 4.78 is 24.7. The third kappa shape index (κ3) is 4.86. The molecule has 0 fully saturated rings. The first kappa shape index (κ1) is 19.7. The number of nitrogens with zero attached hydrogens (tertiary/aromatic N) is 2. The van der Waals surface area contributed by atoms with Crippen LogP contribution in [-0.4, -0.2) is 22.4 Å². The highest BCUT2D eigenvalue weighted by Gasteiger charge is 2.40. The Hall–Kier alpha value is -2.65. The molecule has 0 saturated carbocycles. The van der Waals surface area contributed by atoms with E-state index in [1.165, 1.54) is 0 Å². The number of hydrogen-bond acceptors (Lipinski definition) is 2. The smallest absolute Gasteiger partial charge is 0.396 e. The quantitative estimate of drug-likeness (QED) is 0.387. The Labute approximate surface area is 172 Å². The Morgan fingerprint density at radius 2 is 1.07 bits per heavy atom. The van der Waals surface area contributed by atoms with Crippen LogP contribution in [0.4, 0.5) is 0 Å². The topological polar surface area (TPSA) is 32.8 Å². The van der Waals surface area contributed by atoms with E-state index in [-0.39, 0.29) is 0 Å². The molecule has 0 spiro atoms. The van der Waals surface area contributed by atoms with E-state index in [4.69, 9.17) is 4.52 Å². The van der Waals surface area contributed by atoms with E-state index in [1.54, 1.807) is 0 Å². The Morgan fingerprint density at radius 3 is 1.52 bits per heavy atom. The van der Waals surface area contributed by atoms with Crippen molar-refractivity contribution in [1.82, 2.24) is 9.34 Å². The zero-order valence-electron chi connectivity index (χ0n) is 16.3. The maximum absolute atomic E-state index is 14.5. The predicted octanol–water partition coefficient (Wildman–Crippen LogP) is 5.75. The van der Waals surface area contributed by atoms with E-state index in [0.29, 0.717) is 31.9 Å². The monoisotopic (exact) mass is 404 g/mol. The van der Waals surface area contributed by atoms with Gasteiger partial charge in [0.25, 0.3) is 0 Å². The van der Waals surface area contributed by atoms with Crippen LogP contribution in [0.5, 0.6) is 5.75 Å². The molecule has 4 rings (SSSR count). The molecule has 0 bridgehead atoms. The molecule has 3 aromatic carbocycles. The summed E-state index contributed by atoms with van der Waals surface area (Å²) in [6.45, 7) is 2.26. The predicted molar refractivity (Wildman–Crippen MR) is 118 cm³/mol. The van der Waals surface area contributed by atoms with Crippen molar-refractivity contribution in [2.75, 3.05) is 13.1 Å². The van der Waals surface area contributed by atoms with Gasteiger partial charge in [0, 0.05) is 26.2 Å². The summed E-state index contributed by atoms with van der Waals surface area (Å²) in [6, 6.07) is 29.7. The number of para-hydroxylation sites is 1. The Balaban J connectivity index is 1.69. The first-order valence-corrected chi connectivity index (χ1v) is 11.4. The van der Waals surface area contributed by atoms with Gasteiger partial charge in [-0.1, -0.05) is 91.0 Å². The summed E-state index contributed by atoms with van der Waals surface area (Å²) in [7, 11) is -3.33. The van der Waals surface area contributed by atoms with E-state index < -0.39 is 7.67 Å². The molecular formula is C24H25N2O2P. The lowest BCUT2D eigenvalue weighted by Crippen LogP contribution is -2.33. The van der Waals surface area contributed by atoms with Crippen LogP contribution < -0.4 is 4.52 Å². The molecule has 3 aromatic rings. The van der Waals surface area contributed by atoms with Gasteiger partial charge in [0.15, 0.2) is 0 Å². The molecule has 0 atom stereocenters. The molecule has 0 amide bonds. The van der Waals surface area contributed by atoms with Gasteiger partial charge in [-0.25, -0.2) is 13.9 Å². The minimum atomic E-state index is -3.33. The molecule has 29 heavy (non-hydrogen) atoms. The van der Waals surface area contributed by atoms with Crippen molar-refractivity contribution in [2.45, 2.75) is 13.1 Å². The van der Waals surface area contributed by atoms with Gasteiger partial charge in [-0.2, -0.15) is 0 Å². The maximum atomic E-state index is 14.5. The van der Waals surface area contributed by atoms with E-state index in [1.807, 2.05) is 76.1 Å². The molecule has 1 aliphatic heterocycles. The minimum absolute atomic E-state index is 0.556. The fourth-order valence-corrected chi connectivity index (χ4v) is 5.68. The van der Waals surface area contributed by atoms with Crippen molar-refractivity contribution in [3.63, 3.8) is 0 Å². The molecule has 1 heterocycles. The average Bonchev–Trinajstić information content (AvgIpc) is 2.90. The first-order chi connectivity index (χ1) is 14.2. The van der Waals surface area contributed by atoms with Crippen LogP contribution in [0.3, 0.4) is 0 Å². The van der Waals surface area contributed by atoms with Crippen LogP contribution in [0.25, 0.3) is 0 Å². The van der Waals surface area contributed by atoms with Gasteiger partial charge in [0.05, 0.1) is 0 Å². The second-order valence-electron chi connectivity index (χ2n) is 7.03. The minimum Gasteiger partial charge on any atom is -0.422 e. The fraction of sp³-hybridized carbons (Fsp3) is 0.167. The van der Waals surface area contributed by atoms with Crippen LogP contribution in [0.1, 0.15) is 11.1 Å². The van der Waals surface area contributed by atoms with E-state index in [9.17, 15) is 4.57 Å². The molecule has 148 valence electrons. The molecular weight excluding hydrogens is 379 g/mol. The Kier molecular flexibility index (Phi) is 6.26. The van der Waals surface area contributed by atoms with Gasteiger partial charge in [-0.15, -0.1) is 0 Å². The maximum Gasteiger partial charge on any atom is 0.396 e. The highest BCUT2D eigenvalue weighted by atomic mass is 31.2. The van der Waals surface area contributed by atoms with Crippen molar-refractivity contribution in [3.8, 4) is 5.75 Å². The van der Waals surface area contributed by atoms with Gasteiger partial charge in [0.1, 0.15) is 5.75 Å². The van der Waals surface area contributed by atoms with E-state index in [2.05, 4.69) is 36.4 Å². The fourth-order valence-electron chi connectivity index (χ4n) is 3.41. The van der Waals surface area contributed by atoms with Gasteiger partial charge in [-0.3, -0.25) is 0 Å². The largest absolute Gasteiger partial charge is 0.422 e. The second-order valence-corrected chi connectivity index (χ2v) is 9.33. The normalized spacial score (nSPS) is 17.0. The summed E-state index contributed by atoms with van der Waals surface area (Å²) in [6.07, 6.45) is 4.16. The van der Waals surface area contributed by atoms with Crippen molar-refractivity contribution >= 4 is 7.67 Å².